The van der Waals surface area contributed by atoms with E-state index in [-0.39, 0.29) is 0 Å². The zero-order valence-corrected chi connectivity index (χ0v) is 37.2. The summed E-state index contributed by atoms with van der Waals surface area (Å²) in [6, 6.07) is 80.5. The molecule has 0 radical (unpaired) electrons. The number of hydrogen-bond acceptors (Lipinski definition) is 5. The van der Waals surface area contributed by atoms with E-state index in [1.54, 1.807) is 22.7 Å². The van der Waals surface area contributed by atoms with Gasteiger partial charge in [-0.25, -0.2) is 15.0 Å². The van der Waals surface area contributed by atoms with Crippen molar-refractivity contribution in [3.63, 3.8) is 0 Å². The molecule has 3 aromatic heterocycles. The van der Waals surface area contributed by atoms with Crippen molar-refractivity contribution in [3.05, 3.63) is 224 Å². The van der Waals surface area contributed by atoms with Gasteiger partial charge in [0.05, 0.1) is 0 Å². The van der Waals surface area contributed by atoms with Crippen LogP contribution in [-0.2, 0) is 0 Å². The van der Waals surface area contributed by atoms with Crippen molar-refractivity contribution in [1.82, 2.24) is 15.0 Å². The van der Waals surface area contributed by atoms with E-state index in [4.69, 9.17) is 15.0 Å². The summed E-state index contributed by atoms with van der Waals surface area (Å²) in [5.74, 6) is 1.90. The van der Waals surface area contributed by atoms with Crippen LogP contribution in [0.2, 0.25) is 0 Å². The van der Waals surface area contributed by atoms with E-state index >= 15 is 0 Å². The number of fused-ring (bicyclic) bond motifs is 7. The van der Waals surface area contributed by atoms with Gasteiger partial charge in [-0.2, -0.15) is 0 Å². The van der Waals surface area contributed by atoms with Gasteiger partial charge in [0.1, 0.15) is 0 Å². The summed E-state index contributed by atoms with van der Waals surface area (Å²) >= 11 is 3.59. The van der Waals surface area contributed by atoms with Crippen LogP contribution in [0.15, 0.2) is 224 Å². The number of nitrogens with zero attached hydrogens (tertiary/aromatic N) is 3. The van der Waals surface area contributed by atoms with Crippen molar-refractivity contribution in [3.8, 4) is 78.7 Å². The molecule has 0 spiro atoms. The van der Waals surface area contributed by atoms with Gasteiger partial charge < -0.3 is 0 Å². The minimum atomic E-state index is 0.618. The van der Waals surface area contributed by atoms with Gasteiger partial charge in [-0.15, -0.1) is 22.7 Å². The van der Waals surface area contributed by atoms with Gasteiger partial charge in [0.15, 0.2) is 17.5 Å². The molecule has 3 heterocycles. The van der Waals surface area contributed by atoms with Crippen molar-refractivity contribution in [2.24, 2.45) is 0 Å². The molecule has 308 valence electrons. The van der Waals surface area contributed by atoms with Crippen LogP contribution in [0.25, 0.3) is 130 Å². The Hall–Kier alpha value is -8.09. The Bertz CT molecular complexity index is 3860. The van der Waals surface area contributed by atoms with Crippen molar-refractivity contribution >= 4 is 73.8 Å². The molecule has 0 saturated heterocycles. The highest BCUT2D eigenvalue weighted by atomic mass is 32.1. The quantitative estimate of drug-likeness (QED) is 0.160. The lowest BCUT2D eigenvalue weighted by Crippen LogP contribution is -2.03. The van der Waals surface area contributed by atoms with Gasteiger partial charge in [-0.1, -0.05) is 194 Å². The molecule has 0 N–H and O–H groups in total. The molecule has 0 aliphatic carbocycles. The molecule has 5 heteroatoms. The van der Waals surface area contributed by atoms with E-state index in [1.807, 2.05) is 0 Å². The molecule has 0 bridgehead atoms. The fourth-order valence-corrected chi connectivity index (χ4v) is 12.2. The van der Waals surface area contributed by atoms with E-state index in [9.17, 15) is 0 Å². The lowest BCUT2D eigenvalue weighted by molar-refractivity contribution is 1.08. The lowest BCUT2D eigenvalue weighted by Gasteiger charge is -2.21. The third kappa shape index (κ3) is 6.43. The van der Waals surface area contributed by atoms with Crippen molar-refractivity contribution in [2.75, 3.05) is 0 Å². The van der Waals surface area contributed by atoms with Crippen LogP contribution < -0.4 is 0 Å². The van der Waals surface area contributed by atoms with Crippen LogP contribution in [0, 0.1) is 0 Å². The van der Waals surface area contributed by atoms with Gasteiger partial charge in [-0.3, -0.25) is 0 Å². The lowest BCUT2D eigenvalue weighted by atomic mass is 9.83. The summed E-state index contributed by atoms with van der Waals surface area (Å²) in [6.45, 7) is 0. The normalized spacial score (nSPS) is 11.6. The van der Waals surface area contributed by atoms with Gasteiger partial charge >= 0.3 is 0 Å². The van der Waals surface area contributed by atoms with Crippen LogP contribution in [0.1, 0.15) is 0 Å². The first-order chi connectivity index (χ1) is 32.7. The molecule has 0 atom stereocenters. The van der Waals surface area contributed by atoms with Crippen LogP contribution >= 0.6 is 22.7 Å². The van der Waals surface area contributed by atoms with Gasteiger partial charge in [-0.05, 0) is 80.0 Å². The molecule has 0 fully saturated rings. The smallest absolute Gasteiger partial charge is 0.165 e. The molecule has 10 aromatic carbocycles. The molecule has 66 heavy (non-hydrogen) atoms. The Morgan fingerprint density at radius 1 is 0.258 bits per heavy atom. The maximum absolute atomic E-state index is 5.68. The van der Waals surface area contributed by atoms with E-state index in [0.29, 0.717) is 17.5 Å². The molecular formula is C61H37N3S2. The summed E-state index contributed by atoms with van der Waals surface area (Å²) in [6.07, 6.45) is 0. The van der Waals surface area contributed by atoms with Gasteiger partial charge in [0.2, 0.25) is 0 Å². The predicted molar refractivity (Wildman–Crippen MR) is 281 cm³/mol. The standard InChI is InChI=1S/C61H37N3S2/c1-3-17-38(18-4-1)41-23-13-24-42(37-41)55-48(45-28-14-22-39-21-7-8-25-43(39)45)36-35-44(40-19-5-2-6-20-40)56(55)61-63-59(51-31-15-29-49-46-26-9-11-33-53(46)65-57(49)51)62-60(64-61)52-32-16-30-50-47-27-10-12-34-54(47)66-58(50)52/h1-37H. The summed E-state index contributed by atoms with van der Waals surface area (Å²) in [4.78, 5) is 16.9. The Kier molecular flexibility index (Phi) is 9.22. The second-order valence-electron chi connectivity index (χ2n) is 16.6. The van der Waals surface area contributed by atoms with E-state index in [1.165, 1.54) is 41.7 Å². The number of hydrogen-bond donors (Lipinski definition) is 0. The van der Waals surface area contributed by atoms with Crippen molar-refractivity contribution in [2.45, 2.75) is 0 Å². The van der Waals surface area contributed by atoms with Crippen molar-refractivity contribution in [1.29, 1.82) is 0 Å². The van der Waals surface area contributed by atoms with Gasteiger partial charge in [0.25, 0.3) is 0 Å². The Morgan fingerprint density at radius 2 is 0.712 bits per heavy atom. The minimum absolute atomic E-state index is 0.618. The molecule has 0 amide bonds. The molecule has 0 saturated carbocycles. The molecule has 0 aliphatic rings. The molecule has 0 unspecified atom stereocenters. The predicted octanol–water partition coefficient (Wildman–Crippen LogP) is 17.4. The molecule has 0 aliphatic heterocycles. The summed E-state index contributed by atoms with van der Waals surface area (Å²) in [7, 11) is 0. The first-order valence-corrected chi connectivity index (χ1v) is 23.8. The fourth-order valence-electron chi connectivity index (χ4n) is 9.74. The summed E-state index contributed by atoms with van der Waals surface area (Å²) in [5.41, 5.74) is 11.7. The number of benzene rings is 10. The third-order valence-electron chi connectivity index (χ3n) is 12.8. The van der Waals surface area contributed by atoms with Gasteiger partial charge in [0, 0.05) is 62.6 Å². The molecule has 13 aromatic rings. The largest absolute Gasteiger partial charge is 0.208 e. The topological polar surface area (TPSA) is 38.7 Å². The zero-order valence-electron chi connectivity index (χ0n) is 35.5. The van der Waals surface area contributed by atoms with Crippen LogP contribution in [0.3, 0.4) is 0 Å². The van der Waals surface area contributed by atoms with Crippen LogP contribution in [-0.4, -0.2) is 15.0 Å². The second kappa shape index (κ2) is 15.9. The van der Waals surface area contributed by atoms with Crippen LogP contribution in [0.5, 0.6) is 0 Å². The van der Waals surface area contributed by atoms with E-state index < -0.39 is 0 Å². The first-order valence-electron chi connectivity index (χ1n) is 22.2. The van der Waals surface area contributed by atoms with E-state index in [2.05, 4.69) is 224 Å². The molecule has 13 rings (SSSR count). The SMILES string of the molecule is c1ccc(-c2cccc(-c3c(-c4cccc5ccccc45)ccc(-c4ccccc4)c3-c3nc(-c4cccc5c4sc4ccccc45)nc(-c4cccc5c4sc4ccccc45)n3)c2)cc1. The van der Waals surface area contributed by atoms with E-state index in [0.717, 1.165) is 70.6 Å². The first kappa shape index (κ1) is 38.4. The minimum Gasteiger partial charge on any atom is -0.208 e. The summed E-state index contributed by atoms with van der Waals surface area (Å²) < 4.78 is 4.79. The Morgan fingerprint density at radius 3 is 1.38 bits per heavy atom. The highest BCUT2D eigenvalue weighted by Gasteiger charge is 2.26. The maximum atomic E-state index is 5.68. The summed E-state index contributed by atoms with van der Waals surface area (Å²) in [5, 5.41) is 7.24. The maximum Gasteiger partial charge on any atom is 0.165 e. The fraction of sp³-hybridized carbons (Fsp3) is 0. The van der Waals surface area contributed by atoms with Crippen molar-refractivity contribution < 1.29 is 0 Å². The number of thiophene rings is 2. The van der Waals surface area contributed by atoms with Crippen LogP contribution in [0.4, 0.5) is 0 Å². The highest BCUT2D eigenvalue weighted by Crippen LogP contribution is 2.48. The highest BCUT2D eigenvalue weighted by molar-refractivity contribution is 7.26. The zero-order chi connectivity index (χ0) is 43.6. The molecule has 3 nitrogen and oxygen atoms in total. The second-order valence-corrected chi connectivity index (χ2v) is 18.7. The average molecular weight is 876 g/mol. The molecular weight excluding hydrogens is 839 g/mol. The third-order valence-corrected chi connectivity index (χ3v) is 15.2. The number of rotatable bonds is 7. The monoisotopic (exact) mass is 875 g/mol. The Labute approximate surface area is 389 Å². The average Bonchev–Trinajstić information content (AvgIpc) is 3.97. The number of aromatic nitrogens is 3. The Balaban J connectivity index is 1.18.